The summed E-state index contributed by atoms with van der Waals surface area (Å²) in [5, 5.41) is 14.0. The van der Waals surface area contributed by atoms with E-state index in [1.165, 1.54) is 12.8 Å². The minimum absolute atomic E-state index is 0.330. The van der Waals surface area contributed by atoms with Crippen molar-refractivity contribution in [3.63, 3.8) is 0 Å². The normalized spacial score (nSPS) is 17.4. The second kappa shape index (κ2) is 7.44. The lowest BCUT2D eigenvalue weighted by atomic mass is 9.92. The topological polar surface area (TPSA) is 48.7 Å². The lowest BCUT2D eigenvalue weighted by Crippen LogP contribution is -2.44. The molecule has 0 spiro atoms. The molecule has 0 aliphatic heterocycles. The highest BCUT2D eigenvalue weighted by Gasteiger charge is 2.34. The number of halogens is 1. The van der Waals surface area contributed by atoms with Crippen molar-refractivity contribution in [2.75, 3.05) is 5.75 Å². The molecule has 2 rings (SSSR count). The maximum Gasteiger partial charge on any atom is 0.110 e. The quantitative estimate of drug-likeness (QED) is 0.563. The summed E-state index contributed by atoms with van der Waals surface area (Å²) in [6.07, 6.45) is 7.06. The Kier molecular flexibility index (Phi) is 5.88. The summed E-state index contributed by atoms with van der Waals surface area (Å²) in [6, 6.07) is 7.01. The lowest BCUT2D eigenvalue weighted by Gasteiger charge is -2.26. The molecule has 3 nitrogen and oxygen atoms in total. The average Bonchev–Trinajstić information content (AvgIpc) is 3.28. The van der Waals surface area contributed by atoms with Crippen molar-refractivity contribution < 1.29 is 0 Å². The van der Waals surface area contributed by atoms with E-state index in [0.717, 1.165) is 34.5 Å². The molecule has 0 amide bonds. The largest absolute Gasteiger partial charge is 0.297 e. The van der Waals surface area contributed by atoms with Crippen LogP contribution in [0, 0.1) is 11.3 Å². The van der Waals surface area contributed by atoms with Gasteiger partial charge in [-0.1, -0.05) is 6.92 Å². The van der Waals surface area contributed by atoms with Crippen LogP contribution in [0.15, 0.2) is 27.8 Å². The number of rotatable bonds is 8. The molecule has 1 N–H and O–H groups in total. The van der Waals surface area contributed by atoms with Crippen molar-refractivity contribution in [1.29, 1.82) is 5.26 Å². The molecule has 1 aliphatic rings. The predicted molar refractivity (Wildman–Crippen MR) is 86.7 cm³/mol. The molecule has 1 aromatic rings. The fourth-order valence-corrected chi connectivity index (χ4v) is 3.58. The van der Waals surface area contributed by atoms with E-state index >= 15 is 0 Å². The van der Waals surface area contributed by atoms with Gasteiger partial charge in [0.05, 0.1) is 6.07 Å². The molecule has 1 unspecified atom stereocenters. The van der Waals surface area contributed by atoms with Crippen molar-refractivity contribution in [3.8, 4) is 6.07 Å². The van der Waals surface area contributed by atoms with E-state index in [-0.39, 0.29) is 5.54 Å². The maximum absolute atomic E-state index is 9.47. The summed E-state index contributed by atoms with van der Waals surface area (Å²) < 4.78 is 1.04. The molecule has 1 atom stereocenters. The first-order chi connectivity index (χ1) is 9.69. The number of nitrogens with zero attached hydrogens (tertiary/aromatic N) is 2. The SMILES string of the molecule is CCC(C#N)(CCCSc1ncccc1Br)NC1CC1. The number of pyridine rings is 1. The third-order valence-corrected chi connectivity index (χ3v) is 5.58. The Balaban J connectivity index is 1.79. The van der Waals surface area contributed by atoms with Gasteiger partial charge < -0.3 is 0 Å². The van der Waals surface area contributed by atoms with Gasteiger partial charge in [-0.2, -0.15) is 5.26 Å². The monoisotopic (exact) mass is 353 g/mol. The molecule has 108 valence electrons. The maximum atomic E-state index is 9.47. The minimum atomic E-state index is -0.330. The third kappa shape index (κ3) is 4.47. The molecule has 0 radical (unpaired) electrons. The van der Waals surface area contributed by atoms with Crippen LogP contribution >= 0.6 is 27.7 Å². The van der Waals surface area contributed by atoms with Crippen LogP contribution < -0.4 is 5.32 Å². The zero-order valence-corrected chi connectivity index (χ0v) is 14.1. The van der Waals surface area contributed by atoms with E-state index in [1.54, 1.807) is 11.8 Å². The van der Waals surface area contributed by atoms with Gasteiger partial charge in [0.15, 0.2) is 0 Å². The van der Waals surface area contributed by atoms with Crippen LogP contribution in [0.5, 0.6) is 0 Å². The van der Waals surface area contributed by atoms with E-state index in [9.17, 15) is 5.26 Å². The van der Waals surface area contributed by atoms with Crippen molar-refractivity contribution in [3.05, 3.63) is 22.8 Å². The number of nitriles is 1. The summed E-state index contributed by atoms with van der Waals surface area (Å²) >= 11 is 5.26. The fraction of sp³-hybridized carbons (Fsp3) is 0.600. The van der Waals surface area contributed by atoms with Gasteiger partial charge in [0.2, 0.25) is 0 Å². The third-order valence-electron chi connectivity index (χ3n) is 3.59. The Bertz CT molecular complexity index is 484. The number of nitrogens with one attached hydrogen (secondary N) is 1. The number of thioether (sulfide) groups is 1. The zero-order chi connectivity index (χ0) is 14.4. The summed E-state index contributed by atoms with van der Waals surface area (Å²) in [4.78, 5) is 4.35. The Morgan fingerprint density at radius 1 is 1.60 bits per heavy atom. The van der Waals surface area contributed by atoms with Crippen molar-refractivity contribution >= 4 is 27.7 Å². The van der Waals surface area contributed by atoms with Gasteiger partial charge in [-0.15, -0.1) is 11.8 Å². The van der Waals surface area contributed by atoms with E-state index < -0.39 is 0 Å². The molecule has 1 aromatic heterocycles. The average molecular weight is 354 g/mol. The molecular weight excluding hydrogens is 334 g/mol. The van der Waals surface area contributed by atoms with Crippen molar-refractivity contribution in [2.45, 2.75) is 55.6 Å². The summed E-state index contributed by atoms with van der Waals surface area (Å²) in [6.45, 7) is 2.10. The van der Waals surface area contributed by atoms with Gasteiger partial charge in [-0.3, -0.25) is 5.32 Å². The van der Waals surface area contributed by atoms with Crippen LogP contribution in [-0.4, -0.2) is 22.3 Å². The van der Waals surface area contributed by atoms with Gasteiger partial charge in [0.1, 0.15) is 10.6 Å². The molecule has 1 heterocycles. The first-order valence-electron chi connectivity index (χ1n) is 7.11. The number of hydrogen-bond donors (Lipinski definition) is 1. The molecule has 1 aliphatic carbocycles. The van der Waals surface area contributed by atoms with Crippen LogP contribution in [-0.2, 0) is 0 Å². The molecule has 1 fully saturated rings. The highest BCUT2D eigenvalue weighted by molar-refractivity contribution is 9.10. The summed E-state index contributed by atoms with van der Waals surface area (Å²) in [5.41, 5.74) is -0.330. The van der Waals surface area contributed by atoms with Crippen molar-refractivity contribution in [2.24, 2.45) is 0 Å². The zero-order valence-electron chi connectivity index (χ0n) is 11.7. The van der Waals surface area contributed by atoms with Gasteiger partial charge in [0.25, 0.3) is 0 Å². The Morgan fingerprint density at radius 2 is 2.40 bits per heavy atom. The van der Waals surface area contributed by atoms with E-state index in [0.29, 0.717) is 6.04 Å². The molecule has 20 heavy (non-hydrogen) atoms. The van der Waals surface area contributed by atoms with Gasteiger partial charge >= 0.3 is 0 Å². The fourth-order valence-electron chi connectivity index (χ4n) is 2.16. The van der Waals surface area contributed by atoms with E-state index in [4.69, 9.17) is 0 Å². The van der Waals surface area contributed by atoms with Crippen LogP contribution in [0.25, 0.3) is 0 Å². The predicted octanol–water partition coefficient (Wildman–Crippen LogP) is 4.14. The Morgan fingerprint density at radius 3 is 3.00 bits per heavy atom. The Hall–Kier alpha value is -0.570. The van der Waals surface area contributed by atoms with Gasteiger partial charge in [-0.25, -0.2) is 4.98 Å². The first-order valence-corrected chi connectivity index (χ1v) is 8.89. The van der Waals surface area contributed by atoms with Gasteiger partial charge in [-0.05, 0) is 65.9 Å². The molecular formula is C15H20BrN3S. The molecule has 0 bridgehead atoms. The number of hydrogen-bond acceptors (Lipinski definition) is 4. The second-order valence-corrected chi connectivity index (χ2v) is 7.15. The first kappa shape index (κ1) is 15.8. The van der Waals surface area contributed by atoms with Crippen LogP contribution in [0.1, 0.15) is 39.0 Å². The van der Waals surface area contributed by atoms with Gasteiger partial charge in [0, 0.05) is 16.7 Å². The molecule has 5 heteroatoms. The van der Waals surface area contributed by atoms with Crippen molar-refractivity contribution in [1.82, 2.24) is 10.3 Å². The molecule has 0 saturated heterocycles. The lowest BCUT2D eigenvalue weighted by molar-refractivity contribution is 0.367. The highest BCUT2D eigenvalue weighted by atomic mass is 79.9. The smallest absolute Gasteiger partial charge is 0.110 e. The van der Waals surface area contributed by atoms with Crippen LogP contribution in [0.2, 0.25) is 0 Å². The minimum Gasteiger partial charge on any atom is -0.297 e. The summed E-state index contributed by atoms with van der Waals surface area (Å²) in [5.74, 6) is 0.991. The van der Waals surface area contributed by atoms with E-state index in [1.807, 2.05) is 18.3 Å². The van der Waals surface area contributed by atoms with E-state index in [2.05, 4.69) is 39.2 Å². The number of aromatic nitrogens is 1. The summed E-state index contributed by atoms with van der Waals surface area (Å²) in [7, 11) is 0. The standard InChI is InChI=1S/C15H20BrN3S/c1-2-15(11-17,19-12-6-7-12)8-4-10-20-14-13(16)5-3-9-18-14/h3,5,9,12,19H,2,4,6-8,10H2,1H3. The second-order valence-electron chi connectivity index (χ2n) is 5.21. The highest BCUT2D eigenvalue weighted by Crippen LogP contribution is 2.29. The Labute approximate surface area is 133 Å². The van der Waals surface area contributed by atoms with Crippen LogP contribution in [0.4, 0.5) is 0 Å². The molecule has 0 aromatic carbocycles. The van der Waals surface area contributed by atoms with Crippen LogP contribution in [0.3, 0.4) is 0 Å². The molecule has 1 saturated carbocycles.